The van der Waals surface area contributed by atoms with E-state index in [1.807, 2.05) is 27.0 Å². The molecule has 0 radical (unpaired) electrons. The molecule has 1 N–H and O–H groups in total. The number of alkyl halides is 2. The minimum Gasteiger partial charge on any atom is -0.356 e. The molecule has 4 rings (SSSR count). The number of carbonyl (C=O) groups excluding carboxylic acids is 1. The second-order valence-corrected chi connectivity index (χ2v) is 11.6. The Kier molecular flexibility index (Phi) is 8.73. The topological polar surface area (TPSA) is 80.1 Å². The van der Waals surface area contributed by atoms with Crippen LogP contribution in [-0.2, 0) is 16.6 Å². The smallest absolute Gasteiger partial charge is 0.259 e. The Labute approximate surface area is 217 Å². The number of hydrogen-bond donors (Lipinski definition) is 1. The molecule has 10 heteroatoms. The number of anilines is 2. The Balaban J connectivity index is 0.00000186. The lowest BCUT2D eigenvalue weighted by atomic mass is 9.99. The highest BCUT2D eigenvalue weighted by Crippen LogP contribution is 2.34. The van der Waals surface area contributed by atoms with Crippen molar-refractivity contribution in [1.29, 1.82) is 0 Å². The number of rotatable bonds is 5. The van der Waals surface area contributed by atoms with Gasteiger partial charge in [-0.2, -0.15) is 5.10 Å². The van der Waals surface area contributed by atoms with Crippen LogP contribution in [0.2, 0.25) is 0 Å². The summed E-state index contributed by atoms with van der Waals surface area (Å²) < 4.78 is 42.1. The van der Waals surface area contributed by atoms with Crippen molar-refractivity contribution in [2.75, 3.05) is 29.6 Å². The molecular formula is C27H35F2N5O2S. The molecular weight excluding hydrogens is 496 g/mol. The Morgan fingerprint density at radius 2 is 1.92 bits per heavy atom. The molecule has 1 amide bonds. The number of nitrogens with one attached hydrogen (secondary N) is 1. The van der Waals surface area contributed by atoms with Gasteiger partial charge in [0.2, 0.25) is 5.92 Å². The van der Waals surface area contributed by atoms with Crippen molar-refractivity contribution in [3.63, 3.8) is 0 Å². The van der Waals surface area contributed by atoms with Gasteiger partial charge in [0.15, 0.2) is 0 Å². The third kappa shape index (κ3) is 6.74. The SMILES string of the molecule is C=S(C)(=O)c1cccc(NC(=O)c2c(N3CCCC(F)(F)CC3)ncc(-c3cnn(C)c3)c2C)c1.CC. The number of carbonyl (C=O) groups is 1. The Morgan fingerprint density at radius 3 is 2.57 bits per heavy atom. The van der Waals surface area contributed by atoms with Gasteiger partial charge in [-0.1, -0.05) is 19.9 Å². The highest BCUT2D eigenvalue weighted by Gasteiger charge is 2.33. The summed E-state index contributed by atoms with van der Waals surface area (Å²) in [5.74, 6) is 0.925. The van der Waals surface area contributed by atoms with E-state index in [9.17, 15) is 17.8 Å². The monoisotopic (exact) mass is 531 g/mol. The summed E-state index contributed by atoms with van der Waals surface area (Å²) >= 11 is 0. The fourth-order valence-corrected chi connectivity index (χ4v) is 5.01. The zero-order valence-electron chi connectivity index (χ0n) is 22.1. The number of amides is 1. The number of pyridine rings is 1. The Bertz CT molecular complexity index is 1370. The van der Waals surface area contributed by atoms with Crippen LogP contribution in [0.5, 0.6) is 0 Å². The van der Waals surface area contributed by atoms with Crippen LogP contribution in [0.15, 0.2) is 47.8 Å². The van der Waals surface area contributed by atoms with E-state index in [1.165, 1.54) is 6.26 Å². The van der Waals surface area contributed by atoms with Gasteiger partial charge in [-0.15, -0.1) is 0 Å². The van der Waals surface area contributed by atoms with E-state index in [1.54, 1.807) is 53.3 Å². The summed E-state index contributed by atoms with van der Waals surface area (Å²) in [6.07, 6.45) is 6.53. The predicted octanol–water partition coefficient (Wildman–Crippen LogP) is 5.40. The number of aryl methyl sites for hydroxylation is 1. The lowest BCUT2D eigenvalue weighted by Crippen LogP contribution is -2.30. The maximum Gasteiger partial charge on any atom is 0.259 e. The summed E-state index contributed by atoms with van der Waals surface area (Å²) in [5.41, 5.74) is 2.98. The van der Waals surface area contributed by atoms with Gasteiger partial charge in [-0.25, -0.2) is 13.8 Å². The zero-order valence-corrected chi connectivity index (χ0v) is 22.9. The number of aromatic nitrogens is 3. The van der Waals surface area contributed by atoms with Crippen LogP contribution in [0.1, 0.15) is 49.0 Å². The highest BCUT2D eigenvalue weighted by atomic mass is 32.2. The average molecular weight is 532 g/mol. The van der Waals surface area contributed by atoms with Gasteiger partial charge in [0.1, 0.15) is 5.82 Å². The molecule has 7 nitrogen and oxygen atoms in total. The predicted molar refractivity (Wildman–Crippen MR) is 147 cm³/mol. The normalized spacial score (nSPS) is 16.7. The van der Waals surface area contributed by atoms with Gasteiger partial charge in [0, 0.05) is 73.3 Å². The van der Waals surface area contributed by atoms with Crippen molar-refractivity contribution < 1.29 is 17.8 Å². The second-order valence-electron chi connectivity index (χ2n) is 9.08. The standard InChI is InChI=1S/C25H29F2N5O2S.C2H6/c1-17-21(18-14-29-31(2)16-18)15-28-23(32-11-6-9-25(26,27)10-12-32)22(17)24(33)30-19-7-5-8-20(13-19)35(3,4)34;1-2/h5,7-8,13-16H,3,6,9-12H2,1-2,4H3,(H,30,33);1-2H3. The Morgan fingerprint density at radius 1 is 1.19 bits per heavy atom. The van der Waals surface area contributed by atoms with E-state index >= 15 is 0 Å². The van der Waals surface area contributed by atoms with Crippen LogP contribution in [0.3, 0.4) is 0 Å². The Hall–Kier alpha value is -3.27. The third-order valence-corrected chi connectivity index (χ3v) is 7.42. The number of benzene rings is 1. The van der Waals surface area contributed by atoms with Gasteiger partial charge in [-0.05, 0) is 52.5 Å². The van der Waals surface area contributed by atoms with Crippen LogP contribution >= 0.6 is 0 Å². The molecule has 0 saturated carbocycles. The summed E-state index contributed by atoms with van der Waals surface area (Å²) in [6.45, 7) is 6.30. The van der Waals surface area contributed by atoms with Crippen LogP contribution in [-0.4, -0.2) is 56.0 Å². The van der Waals surface area contributed by atoms with Gasteiger partial charge in [0.05, 0.1) is 11.8 Å². The molecule has 0 spiro atoms. The molecule has 0 aliphatic carbocycles. The average Bonchev–Trinajstić information content (AvgIpc) is 3.18. The van der Waals surface area contributed by atoms with Crippen LogP contribution in [0.4, 0.5) is 20.3 Å². The first-order valence-electron chi connectivity index (χ1n) is 12.3. The summed E-state index contributed by atoms with van der Waals surface area (Å²) in [5, 5.41) is 7.09. The van der Waals surface area contributed by atoms with Gasteiger partial charge in [-0.3, -0.25) is 13.7 Å². The molecule has 3 aromatic rings. The highest BCUT2D eigenvalue weighted by molar-refractivity contribution is 7.99. The largest absolute Gasteiger partial charge is 0.356 e. The molecule has 37 heavy (non-hydrogen) atoms. The fourth-order valence-electron chi connectivity index (χ4n) is 4.26. The summed E-state index contributed by atoms with van der Waals surface area (Å²) in [4.78, 5) is 20.5. The molecule has 3 heterocycles. The summed E-state index contributed by atoms with van der Waals surface area (Å²) in [7, 11) is -0.668. The molecule has 0 bridgehead atoms. The number of halogens is 2. The third-order valence-electron chi connectivity index (χ3n) is 6.17. The fraction of sp³-hybridized carbons (Fsp3) is 0.407. The van der Waals surface area contributed by atoms with E-state index in [0.717, 1.165) is 11.1 Å². The van der Waals surface area contributed by atoms with E-state index in [-0.39, 0.29) is 19.4 Å². The maximum atomic E-state index is 14.0. The minimum atomic E-state index is -2.73. The van der Waals surface area contributed by atoms with E-state index < -0.39 is 21.4 Å². The zero-order chi connectivity index (χ0) is 27.4. The quantitative estimate of drug-likeness (QED) is 0.446. The first kappa shape index (κ1) is 28.3. The van der Waals surface area contributed by atoms with E-state index in [2.05, 4.69) is 21.3 Å². The van der Waals surface area contributed by atoms with Crippen LogP contribution in [0, 0.1) is 6.92 Å². The van der Waals surface area contributed by atoms with Gasteiger partial charge < -0.3 is 10.2 Å². The van der Waals surface area contributed by atoms with Crippen molar-refractivity contribution in [2.24, 2.45) is 7.05 Å². The number of nitrogens with zero attached hydrogens (tertiary/aromatic N) is 4. The lowest BCUT2D eigenvalue weighted by Gasteiger charge is -2.26. The molecule has 2 aromatic heterocycles. The molecule has 1 fully saturated rings. The molecule has 1 unspecified atom stereocenters. The minimum absolute atomic E-state index is 0.0981. The maximum absolute atomic E-state index is 14.0. The first-order valence-corrected chi connectivity index (χ1v) is 14.4. The summed E-state index contributed by atoms with van der Waals surface area (Å²) in [6, 6.07) is 6.73. The van der Waals surface area contributed by atoms with Crippen molar-refractivity contribution in [1.82, 2.24) is 14.8 Å². The molecule has 1 saturated heterocycles. The van der Waals surface area contributed by atoms with E-state index in [4.69, 9.17) is 0 Å². The molecule has 1 atom stereocenters. The molecule has 1 aromatic carbocycles. The van der Waals surface area contributed by atoms with Gasteiger partial charge >= 0.3 is 0 Å². The van der Waals surface area contributed by atoms with Crippen molar-refractivity contribution >= 4 is 32.8 Å². The van der Waals surface area contributed by atoms with Gasteiger partial charge in [0.25, 0.3) is 5.91 Å². The lowest BCUT2D eigenvalue weighted by molar-refractivity contribution is -0.0102. The van der Waals surface area contributed by atoms with Crippen molar-refractivity contribution in [3.8, 4) is 11.1 Å². The van der Waals surface area contributed by atoms with E-state index in [0.29, 0.717) is 40.5 Å². The molecule has 1 aliphatic heterocycles. The van der Waals surface area contributed by atoms with Crippen LogP contribution < -0.4 is 10.2 Å². The number of hydrogen-bond acceptors (Lipinski definition) is 5. The van der Waals surface area contributed by atoms with Crippen LogP contribution in [0.25, 0.3) is 11.1 Å². The second kappa shape index (κ2) is 11.4. The molecule has 200 valence electrons. The molecule has 1 aliphatic rings. The van der Waals surface area contributed by atoms with Crippen molar-refractivity contribution in [3.05, 3.63) is 54.0 Å². The van der Waals surface area contributed by atoms with Crippen molar-refractivity contribution in [2.45, 2.75) is 50.9 Å². The first-order chi connectivity index (χ1) is 17.4.